The summed E-state index contributed by atoms with van der Waals surface area (Å²) < 4.78 is 5.13. The van der Waals surface area contributed by atoms with Crippen molar-refractivity contribution in [3.63, 3.8) is 0 Å². The Kier molecular flexibility index (Phi) is 5.98. The van der Waals surface area contributed by atoms with Crippen molar-refractivity contribution < 1.29 is 19.1 Å². The number of carbonyl (C=O) groups excluding carboxylic acids is 3. The molecular weight excluding hydrogens is 346 g/mol. The van der Waals surface area contributed by atoms with Crippen molar-refractivity contribution in [2.45, 2.75) is 51.1 Å². The molecule has 7 heteroatoms. The summed E-state index contributed by atoms with van der Waals surface area (Å²) in [4.78, 5) is 38.7. The van der Waals surface area contributed by atoms with Crippen LogP contribution in [0.4, 0.5) is 5.69 Å². The molecule has 2 atom stereocenters. The first kappa shape index (κ1) is 19.2. The Balaban J connectivity index is 1.54. The molecule has 1 aliphatic carbocycles. The number of rotatable bonds is 6. The lowest BCUT2D eigenvalue weighted by Gasteiger charge is -2.20. The van der Waals surface area contributed by atoms with Crippen LogP contribution in [0.2, 0.25) is 0 Å². The summed E-state index contributed by atoms with van der Waals surface area (Å²) in [5, 5.41) is 5.74. The largest absolute Gasteiger partial charge is 0.497 e. The zero-order valence-corrected chi connectivity index (χ0v) is 15.9. The summed E-state index contributed by atoms with van der Waals surface area (Å²) >= 11 is 0. The van der Waals surface area contributed by atoms with Crippen LogP contribution in [0.1, 0.15) is 39.0 Å². The van der Waals surface area contributed by atoms with Gasteiger partial charge in [0, 0.05) is 24.7 Å². The number of nitrogens with zero attached hydrogens (tertiary/aromatic N) is 1. The van der Waals surface area contributed by atoms with Crippen LogP contribution in [-0.2, 0) is 14.4 Å². The third kappa shape index (κ3) is 4.59. The number of anilines is 1. The lowest BCUT2D eigenvalue weighted by atomic mass is 10.1. The number of benzene rings is 1. The Morgan fingerprint density at radius 1 is 1.19 bits per heavy atom. The zero-order valence-electron chi connectivity index (χ0n) is 15.9. The number of hydrogen-bond donors (Lipinski definition) is 2. The van der Waals surface area contributed by atoms with E-state index in [2.05, 4.69) is 10.6 Å². The van der Waals surface area contributed by atoms with E-state index in [1.54, 1.807) is 43.2 Å². The van der Waals surface area contributed by atoms with Gasteiger partial charge in [0.1, 0.15) is 11.8 Å². The van der Waals surface area contributed by atoms with Crippen LogP contribution in [0.25, 0.3) is 0 Å². The average Bonchev–Trinajstić information content (AvgIpc) is 3.31. The van der Waals surface area contributed by atoms with Gasteiger partial charge in [-0.2, -0.15) is 0 Å². The maximum atomic E-state index is 12.5. The number of hydrogen-bond acceptors (Lipinski definition) is 4. The third-order valence-electron chi connectivity index (χ3n) is 5.33. The van der Waals surface area contributed by atoms with Crippen LogP contribution in [0.3, 0.4) is 0 Å². The first-order valence-electron chi connectivity index (χ1n) is 9.53. The van der Waals surface area contributed by atoms with Crippen molar-refractivity contribution in [1.29, 1.82) is 0 Å². The van der Waals surface area contributed by atoms with Gasteiger partial charge in [-0.05, 0) is 44.0 Å². The van der Waals surface area contributed by atoms with E-state index in [4.69, 9.17) is 4.74 Å². The van der Waals surface area contributed by atoms with E-state index in [9.17, 15) is 14.4 Å². The van der Waals surface area contributed by atoms with Gasteiger partial charge < -0.3 is 20.3 Å². The molecule has 0 aromatic heterocycles. The normalized spacial score (nSPS) is 21.2. The fourth-order valence-electron chi connectivity index (χ4n) is 3.69. The van der Waals surface area contributed by atoms with E-state index in [0.717, 1.165) is 31.4 Å². The van der Waals surface area contributed by atoms with Crippen LogP contribution >= 0.6 is 0 Å². The fourth-order valence-corrected chi connectivity index (χ4v) is 3.69. The van der Waals surface area contributed by atoms with E-state index in [0.29, 0.717) is 12.3 Å². The van der Waals surface area contributed by atoms with Gasteiger partial charge in [-0.3, -0.25) is 14.4 Å². The smallest absolute Gasteiger partial charge is 0.242 e. The second kappa shape index (κ2) is 8.41. The predicted octanol–water partition coefficient (Wildman–Crippen LogP) is 1.61. The van der Waals surface area contributed by atoms with Crippen LogP contribution in [-0.4, -0.2) is 43.5 Å². The molecular formula is C20H27N3O4. The molecule has 2 aliphatic rings. The highest BCUT2D eigenvalue weighted by Gasteiger charge is 2.36. The Labute approximate surface area is 159 Å². The predicted molar refractivity (Wildman–Crippen MR) is 101 cm³/mol. The highest BCUT2D eigenvalue weighted by atomic mass is 16.5. The van der Waals surface area contributed by atoms with Gasteiger partial charge in [-0.15, -0.1) is 0 Å². The summed E-state index contributed by atoms with van der Waals surface area (Å²) in [5.41, 5.74) is 0.739. The number of ether oxygens (including phenoxy) is 1. The van der Waals surface area contributed by atoms with E-state index in [1.165, 1.54) is 0 Å². The molecule has 1 saturated heterocycles. The van der Waals surface area contributed by atoms with Crippen molar-refractivity contribution in [1.82, 2.24) is 10.6 Å². The average molecular weight is 373 g/mol. The van der Waals surface area contributed by atoms with Crippen LogP contribution in [0, 0.1) is 5.92 Å². The molecule has 1 heterocycles. The van der Waals surface area contributed by atoms with Gasteiger partial charge in [-0.25, -0.2) is 0 Å². The van der Waals surface area contributed by atoms with Gasteiger partial charge in [0.05, 0.1) is 13.0 Å². The van der Waals surface area contributed by atoms with Gasteiger partial charge in [0.25, 0.3) is 0 Å². The second-order valence-electron chi connectivity index (χ2n) is 7.32. The van der Waals surface area contributed by atoms with Crippen LogP contribution in [0.15, 0.2) is 24.3 Å². The summed E-state index contributed by atoms with van der Waals surface area (Å²) in [6.07, 6.45) is 4.42. The number of carbonyl (C=O) groups is 3. The molecule has 0 spiro atoms. The monoisotopic (exact) mass is 373 g/mol. The molecule has 1 saturated carbocycles. The standard InChI is InChI=1S/C20H27N3O4/c1-13(19(25)22-15-5-3-4-6-15)21-20(26)14-11-18(24)23(12-14)16-7-9-17(27-2)10-8-16/h7-10,13-15H,3-6,11-12H2,1-2H3,(H,21,26)(H,22,25)/t13-,14+/m0/s1. The summed E-state index contributed by atoms with van der Waals surface area (Å²) in [6, 6.07) is 6.78. The molecule has 27 heavy (non-hydrogen) atoms. The maximum Gasteiger partial charge on any atom is 0.242 e. The minimum atomic E-state index is -0.608. The van der Waals surface area contributed by atoms with Crippen molar-refractivity contribution in [3.8, 4) is 5.75 Å². The zero-order chi connectivity index (χ0) is 19.4. The lowest BCUT2D eigenvalue weighted by molar-refractivity contribution is -0.131. The van der Waals surface area contributed by atoms with Crippen molar-refractivity contribution in [3.05, 3.63) is 24.3 Å². The third-order valence-corrected chi connectivity index (χ3v) is 5.33. The minimum absolute atomic E-state index is 0.0941. The molecule has 1 aromatic carbocycles. The topological polar surface area (TPSA) is 87.7 Å². The first-order chi connectivity index (χ1) is 13.0. The molecule has 3 rings (SSSR count). The molecule has 0 bridgehead atoms. The molecule has 1 aliphatic heterocycles. The Hall–Kier alpha value is -2.57. The van der Waals surface area contributed by atoms with E-state index in [1.807, 2.05) is 0 Å². The minimum Gasteiger partial charge on any atom is -0.497 e. The highest BCUT2D eigenvalue weighted by molar-refractivity contribution is 6.01. The lowest BCUT2D eigenvalue weighted by Crippen LogP contribution is -2.49. The van der Waals surface area contributed by atoms with Crippen molar-refractivity contribution >= 4 is 23.4 Å². The summed E-state index contributed by atoms with van der Waals surface area (Å²) in [6.45, 7) is 1.99. The highest BCUT2D eigenvalue weighted by Crippen LogP contribution is 2.27. The van der Waals surface area contributed by atoms with Gasteiger partial charge in [-0.1, -0.05) is 12.8 Å². The number of amides is 3. The van der Waals surface area contributed by atoms with Crippen molar-refractivity contribution in [2.24, 2.45) is 5.92 Å². The van der Waals surface area contributed by atoms with Crippen LogP contribution in [0.5, 0.6) is 5.75 Å². The van der Waals surface area contributed by atoms with Crippen LogP contribution < -0.4 is 20.3 Å². The van der Waals surface area contributed by atoms with Gasteiger partial charge >= 0.3 is 0 Å². The molecule has 2 fully saturated rings. The van der Waals surface area contributed by atoms with Gasteiger partial charge in [0.15, 0.2) is 0 Å². The van der Waals surface area contributed by atoms with E-state index < -0.39 is 12.0 Å². The summed E-state index contributed by atoms with van der Waals surface area (Å²) in [5.74, 6) is -0.258. The Morgan fingerprint density at radius 2 is 1.85 bits per heavy atom. The fraction of sp³-hybridized carbons (Fsp3) is 0.550. The Morgan fingerprint density at radius 3 is 2.48 bits per heavy atom. The SMILES string of the molecule is COc1ccc(N2C[C@H](C(=O)N[C@@H](C)C(=O)NC3CCCC3)CC2=O)cc1. The first-order valence-corrected chi connectivity index (χ1v) is 9.53. The second-order valence-corrected chi connectivity index (χ2v) is 7.32. The molecule has 3 amide bonds. The molecule has 0 unspecified atom stereocenters. The number of methoxy groups -OCH3 is 1. The molecule has 146 valence electrons. The van der Waals surface area contributed by atoms with E-state index in [-0.39, 0.29) is 30.2 Å². The van der Waals surface area contributed by atoms with Gasteiger partial charge in [0.2, 0.25) is 17.7 Å². The quantitative estimate of drug-likeness (QED) is 0.793. The number of nitrogens with one attached hydrogen (secondary N) is 2. The Bertz CT molecular complexity index is 698. The maximum absolute atomic E-state index is 12.5. The molecule has 7 nitrogen and oxygen atoms in total. The summed E-state index contributed by atoms with van der Waals surface area (Å²) in [7, 11) is 1.58. The molecule has 0 radical (unpaired) electrons. The molecule has 1 aromatic rings. The molecule has 2 N–H and O–H groups in total. The van der Waals surface area contributed by atoms with Crippen molar-refractivity contribution in [2.75, 3.05) is 18.6 Å². The van der Waals surface area contributed by atoms with E-state index >= 15 is 0 Å².